The van der Waals surface area contributed by atoms with Crippen LogP contribution in [0.3, 0.4) is 0 Å². The molecule has 3 heteroatoms. The first-order valence-electron chi connectivity index (χ1n) is 8.46. The summed E-state index contributed by atoms with van der Waals surface area (Å²) in [5, 5.41) is 0.256. The Morgan fingerprint density at radius 2 is 2.00 bits per heavy atom. The molecule has 120 valence electrons. The summed E-state index contributed by atoms with van der Waals surface area (Å²) in [6.07, 6.45) is 9.25. The molecule has 0 aromatic carbocycles. The minimum absolute atomic E-state index is 0.256. The Labute approximate surface area is 131 Å². The van der Waals surface area contributed by atoms with Crippen molar-refractivity contribution < 1.29 is 9.22 Å². The van der Waals surface area contributed by atoms with E-state index in [4.69, 9.17) is 4.43 Å². The van der Waals surface area contributed by atoms with Crippen LogP contribution < -0.4 is 0 Å². The predicted molar refractivity (Wildman–Crippen MR) is 90.8 cm³/mol. The molecule has 21 heavy (non-hydrogen) atoms. The largest absolute Gasteiger partial charge is 0.414 e. The molecule has 2 nitrogen and oxygen atoms in total. The highest BCUT2D eigenvalue weighted by molar-refractivity contribution is 6.74. The monoisotopic (exact) mass is 308 g/mol. The van der Waals surface area contributed by atoms with Crippen molar-refractivity contribution >= 4 is 14.1 Å². The zero-order valence-electron chi connectivity index (χ0n) is 14.6. The van der Waals surface area contributed by atoms with Gasteiger partial charge in [-0.15, -0.1) is 0 Å². The second kappa shape index (κ2) is 6.00. The van der Waals surface area contributed by atoms with Crippen molar-refractivity contribution in [3.8, 4) is 0 Å². The van der Waals surface area contributed by atoms with Crippen LogP contribution in [0.2, 0.25) is 18.1 Å². The van der Waals surface area contributed by atoms with E-state index in [0.29, 0.717) is 29.6 Å². The summed E-state index contributed by atoms with van der Waals surface area (Å²) in [5.41, 5.74) is 0. The summed E-state index contributed by atoms with van der Waals surface area (Å²) in [5.74, 6) is 2.02. The molecule has 0 saturated heterocycles. The minimum atomic E-state index is -1.72. The molecule has 4 atom stereocenters. The maximum atomic E-state index is 11.6. The van der Waals surface area contributed by atoms with E-state index in [9.17, 15) is 4.79 Å². The summed E-state index contributed by atoms with van der Waals surface area (Å²) in [6, 6.07) is 0. The molecule has 0 heterocycles. The van der Waals surface area contributed by atoms with Gasteiger partial charge in [-0.2, -0.15) is 0 Å². The second-order valence-corrected chi connectivity index (χ2v) is 13.3. The van der Waals surface area contributed by atoms with Gasteiger partial charge in [0.25, 0.3) is 0 Å². The van der Waals surface area contributed by atoms with Gasteiger partial charge in [-0.05, 0) is 62.1 Å². The average Bonchev–Trinajstić information content (AvgIpc) is 2.65. The van der Waals surface area contributed by atoms with E-state index < -0.39 is 8.32 Å². The zero-order valence-corrected chi connectivity index (χ0v) is 15.6. The molecular weight excluding hydrogens is 276 g/mol. The smallest absolute Gasteiger partial charge is 0.192 e. The fourth-order valence-electron chi connectivity index (χ4n) is 3.73. The summed E-state index contributed by atoms with van der Waals surface area (Å²) >= 11 is 0. The summed E-state index contributed by atoms with van der Waals surface area (Å²) < 4.78 is 6.74. The molecule has 1 saturated carbocycles. The Morgan fingerprint density at radius 1 is 1.33 bits per heavy atom. The zero-order chi connectivity index (χ0) is 15.8. The first-order chi connectivity index (χ1) is 9.62. The van der Waals surface area contributed by atoms with Gasteiger partial charge >= 0.3 is 0 Å². The third-order valence-electron chi connectivity index (χ3n) is 5.88. The lowest BCUT2D eigenvalue weighted by atomic mass is 9.81. The molecular formula is C18H32O2Si. The van der Waals surface area contributed by atoms with Crippen molar-refractivity contribution in [2.24, 2.45) is 17.8 Å². The number of hydrogen-bond donors (Lipinski definition) is 0. The lowest BCUT2D eigenvalue weighted by molar-refractivity contribution is -0.118. The van der Waals surface area contributed by atoms with Gasteiger partial charge in [0.05, 0.1) is 0 Å². The lowest BCUT2D eigenvalue weighted by Crippen LogP contribution is -2.45. The number of allylic oxidation sites excluding steroid dienone is 2. The molecule has 2 aliphatic rings. The normalized spacial score (nSPS) is 33.0. The van der Waals surface area contributed by atoms with Crippen LogP contribution in [0.15, 0.2) is 12.2 Å². The Bertz CT molecular complexity index is 419. The second-order valence-electron chi connectivity index (χ2n) is 8.57. The van der Waals surface area contributed by atoms with Gasteiger partial charge < -0.3 is 9.22 Å². The molecule has 2 aliphatic carbocycles. The molecule has 0 amide bonds. The molecule has 1 fully saturated rings. The van der Waals surface area contributed by atoms with Gasteiger partial charge in [0.1, 0.15) is 5.78 Å². The molecule has 0 aromatic heterocycles. The molecule has 0 aliphatic heterocycles. The van der Waals surface area contributed by atoms with E-state index in [2.05, 4.69) is 46.0 Å². The van der Waals surface area contributed by atoms with Crippen molar-refractivity contribution in [2.75, 3.05) is 0 Å². The van der Waals surface area contributed by atoms with Gasteiger partial charge in [0.2, 0.25) is 0 Å². The number of rotatable bonds is 4. The number of ketones is 1. The lowest BCUT2D eigenvalue weighted by Gasteiger charge is -2.40. The van der Waals surface area contributed by atoms with E-state index in [1.807, 2.05) is 0 Å². The highest BCUT2D eigenvalue weighted by Gasteiger charge is 2.47. The van der Waals surface area contributed by atoms with E-state index in [1.165, 1.54) is 12.8 Å². The van der Waals surface area contributed by atoms with Gasteiger partial charge in [-0.1, -0.05) is 32.9 Å². The fourth-order valence-corrected chi connectivity index (χ4v) is 5.11. The van der Waals surface area contributed by atoms with Crippen LogP contribution in [0, 0.1) is 17.8 Å². The van der Waals surface area contributed by atoms with Gasteiger partial charge in [0.15, 0.2) is 8.32 Å². The first kappa shape index (κ1) is 16.9. The Balaban J connectivity index is 2.14. The third-order valence-corrected chi connectivity index (χ3v) is 10.4. The van der Waals surface area contributed by atoms with Gasteiger partial charge in [-0.3, -0.25) is 0 Å². The molecule has 0 radical (unpaired) electrons. The van der Waals surface area contributed by atoms with E-state index in [-0.39, 0.29) is 5.04 Å². The van der Waals surface area contributed by atoms with Crippen molar-refractivity contribution in [1.82, 2.24) is 0 Å². The van der Waals surface area contributed by atoms with Crippen molar-refractivity contribution in [3.63, 3.8) is 0 Å². The molecule has 0 bridgehead atoms. The Hall–Kier alpha value is -0.413. The van der Waals surface area contributed by atoms with Crippen LogP contribution >= 0.6 is 0 Å². The number of carbonyl (C=O) groups excluding carboxylic acids is 1. The van der Waals surface area contributed by atoms with E-state index in [0.717, 1.165) is 12.8 Å². The number of fused-ring (bicyclic) bond motifs is 1. The maximum absolute atomic E-state index is 11.6. The van der Waals surface area contributed by atoms with Crippen LogP contribution in [0.5, 0.6) is 0 Å². The molecule has 0 aromatic rings. The Morgan fingerprint density at radius 3 is 2.57 bits per heavy atom. The van der Waals surface area contributed by atoms with Crippen molar-refractivity contribution in [3.05, 3.63) is 12.2 Å². The molecule has 4 unspecified atom stereocenters. The van der Waals surface area contributed by atoms with Crippen LogP contribution in [0.4, 0.5) is 0 Å². The summed E-state index contributed by atoms with van der Waals surface area (Å²) in [7, 11) is -1.72. The highest BCUT2D eigenvalue weighted by Crippen LogP contribution is 2.49. The number of carbonyl (C=O) groups is 1. The van der Waals surface area contributed by atoms with Gasteiger partial charge in [-0.25, -0.2) is 0 Å². The van der Waals surface area contributed by atoms with Crippen LogP contribution in [0.25, 0.3) is 0 Å². The highest BCUT2D eigenvalue weighted by atomic mass is 28.4. The van der Waals surface area contributed by atoms with Crippen molar-refractivity contribution in [1.29, 1.82) is 0 Å². The van der Waals surface area contributed by atoms with Gasteiger partial charge in [0, 0.05) is 12.5 Å². The third kappa shape index (κ3) is 3.68. The molecule has 2 rings (SSSR count). The molecule has 0 N–H and O–H groups in total. The van der Waals surface area contributed by atoms with E-state index >= 15 is 0 Å². The number of hydrogen-bond acceptors (Lipinski definition) is 2. The first-order valence-corrected chi connectivity index (χ1v) is 11.4. The minimum Gasteiger partial charge on any atom is -0.414 e. The SMILES string of the molecule is CC(=O)CC1CC(O[Si](C)(C)C(C)(C)C)C2CCC=CC12. The number of Topliss-reactive ketones (excluding diaryl/α,β-unsaturated/α-hetero) is 1. The average molecular weight is 309 g/mol. The predicted octanol–water partition coefficient (Wildman–Crippen LogP) is 4.96. The van der Waals surface area contributed by atoms with Crippen LogP contribution in [0.1, 0.15) is 53.4 Å². The van der Waals surface area contributed by atoms with Crippen LogP contribution in [-0.2, 0) is 9.22 Å². The van der Waals surface area contributed by atoms with Crippen LogP contribution in [-0.4, -0.2) is 20.2 Å². The molecule has 0 spiro atoms. The maximum Gasteiger partial charge on any atom is 0.192 e. The Kier molecular flexibility index (Phi) is 4.84. The van der Waals surface area contributed by atoms with Crippen molar-refractivity contribution in [2.45, 2.75) is 77.6 Å². The summed E-state index contributed by atoms with van der Waals surface area (Å²) in [4.78, 5) is 11.6. The fraction of sp³-hybridized carbons (Fsp3) is 0.833. The quantitative estimate of drug-likeness (QED) is 0.542. The summed E-state index contributed by atoms with van der Waals surface area (Å²) in [6.45, 7) is 13.3. The topological polar surface area (TPSA) is 26.3 Å². The van der Waals surface area contributed by atoms with E-state index in [1.54, 1.807) is 6.92 Å². The standard InChI is InChI=1S/C18H32O2Si/c1-13(19)11-14-12-17(16-10-8-7-9-15(14)16)20-21(5,6)18(2,3)4/h7,9,14-17H,8,10-12H2,1-6H3.